The molecule has 0 aliphatic rings. The monoisotopic (exact) mass is 340 g/mol. The highest BCUT2D eigenvalue weighted by atomic mass is 35.5. The minimum absolute atomic E-state index is 0.230. The lowest BCUT2D eigenvalue weighted by molar-refractivity contribution is -0.127. The summed E-state index contributed by atoms with van der Waals surface area (Å²) in [7, 11) is 0. The lowest BCUT2D eigenvalue weighted by atomic mass is 10.3. The molecule has 1 aromatic heterocycles. The number of benzene rings is 1. The van der Waals surface area contributed by atoms with Gasteiger partial charge in [0.1, 0.15) is 5.75 Å². The Morgan fingerprint density at radius 1 is 1.50 bits per heavy atom. The number of carbonyl (C=O) groups excluding carboxylic acids is 1. The maximum atomic E-state index is 12.1. The number of hydrogen-bond acceptors (Lipinski definition) is 4. The first-order valence-corrected chi connectivity index (χ1v) is 7.64. The van der Waals surface area contributed by atoms with Gasteiger partial charge in [-0.1, -0.05) is 11.6 Å². The molecule has 0 unspecified atom stereocenters. The van der Waals surface area contributed by atoms with Gasteiger partial charge in [-0.05, 0) is 50.3 Å². The van der Waals surface area contributed by atoms with Gasteiger partial charge >= 0.3 is 0 Å². The van der Waals surface area contributed by atoms with E-state index in [9.17, 15) is 4.79 Å². The number of ether oxygens (including phenoxy) is 1. The fraction of sp³-hybridized carbons (Fsp3) is 0.357. The van der Waals surface area contributed by atoms with Crippen molar-refractivity contribution in [1.29, 1.82) is 0 Å². The standard InChI is InChI=1S/C14H17ClN4O2S/c1-3-19-12(17-18-14(19)22)8-16-13(20)9(2)21-11-6-4-10(15)5-7-11/h4-7,9H,3,8H2,1-2H3,(H,16,20)(H,18,22)/t9-/m0/s1. The van der Waals surface area contributed by atoms with Crippen molar-refractivity contribution in [2.24, 2.45) is 0 Å². The number of hydrogen-bond donors (Lipinski definition) is 2. The van der Waals surface area contributed by atoms with Crippen LogP contribution in [-0.4, -0.2) is 26.8 Å². The summed E-state index contributed by atoms with van der Waals surface area (Å²) in [5.41, 5.74) is 0. The molecule has 1 atom stereocenters. The van der Waals surface area contributed by atoms with Crippen LogP contribution in [0.4, 0.5) is 0 Å². The molecule has 0 spiro atoms. The molecule has 22 heavy (non-hydrogen) atoms. The molecular formula is C14H17ClN4O2S. The second-order valence-corrected chi connectivity index (χ2v) is 5.44. The summed E-state index contributed by atoms with van der Waals surface area (Å²) in [6, 6.07) is 6.85. The van der Waals surface area contributed by atoms with Gasteiger partial charge in [0.05, 0.1) is 6.54 Å². The van der Waals surface area contributed by atoms with Gasteiger partial charge in [0.25, 0.3) is 5.91 Å². The lowest BCUT2D eigenvalue weighted by Crippen LogP contribution is -2.36. The molecule has 0 saturated heterocycles. The second kappa shape index (κ2) is 7.42. The Kier molecular flexibility index (Phi) is 5.57. The Labute approximate surface area is 138 Å². The number of H-pyrrole nitrogens is 1. The molecular weight excluding hydrogens is 324 g/mol. The Morgan fingerprint density at radius 3 is 2.82 bits per heavy atom. The largest absolute Gasteiger partial charge is 0.481 e. The molecule has 6 nitrogen and oxygen atoms in total. The molecule has 2 aromatic rings. The molecule has 0 aliphatic carbocycles. The number of nitrogens with one attached hydrogen (secondary N) is 2. The van der Waals surface area contributed by atoms with Crippen LogP contribution >= 0.6 is 23.8 Å². The molecule has 8 heteroatoms. The Bertz CT molecular complexity index is 696. The van der Waals surface area contributed by atoms with Crippen molar-refractivity contribution in [3.63, 3.8) is 0 Å². The predicted octanol–water partition coefficient (Wildman–Crippen LogP) is 2.70. The molecule has 1 aromatic carbocycles. The third-order valence-corrected chi connectivity index (χ3v) is 3.63. The van der Waals surface area contributed by atoms with Gasteiger partial charge in [0, 0.05) is 11.6 Å². The van der Waals surface area contributed by atoms with Gasteiger partial charge < -0.3 is 14.6 Å². The van der Waals surface area contributed by atoms with E-state index < -0.39 is 6.10 Å². The minimum atomic E-state index is -0.627. The molecule has 0 radical (unpaired) electrons. The molecule has 2 rings (SSSR count). The molecule has 0 bridgehead atoms. The third-order valence-electron chi connectivity index (χ3n) is 3.07. The summed E-state index contributed by atoms with van der Waals surface area (Å²) < 4.78 is 7.91. The van der Waals surface area contributed by atoms with Crippen molar-refractivity contribution in [3.05, 3.63) is 39.9 Å². The smallest absolute Gasteiger partial charge is 0.261 e. The van der Waals surface area contributed by atoms with Crippen LogP contribution in [0.25, 0.3) is 0 Å². The predicted molar refractivity (Wildman–Crippen MR) is 86.5 cm³/mol. The number of aromatic nitrogens is 3. The quantitative estimate of drug-likeness (QED) is 0.793. The summed E-state index contributed by atoms with van der Waals surface area (Å²) in [6.07, 6.45) is -0.627. The highest BCUT2D eigenvalue weighted by Gasteiger charge is 2.15. The topological polar surface area (TPSA) is 71.9 Å². The number of amides is 1. The van der Waals surface area contributed by atoms with Gasteiger partial charge in [0.2, 0.25) is 0 Å². The van der Waals surface area contributed by atoms with Gasteiger partial charge in [0.15, 0.2) is 16.7 Å². The van der Waals surface area contributed by atoms with E-state index in [1.165, 1.54) is 0 Å². The maximum Gasteiger partial charge on any atom is 0.261 e. The Hall–Kier alpha value is -1.86. The van der Waals surface area contributed by atoms with Crippen LogP contribution in [0.15, 0.2) is 24.3 Å². The number of nitrogens with zero attached hydrogens (tertiary/aromatic N) is 2. The van der Waals surface area contributed by atoms with E-state index in [-0.39, 0.29) is 12.5 Å². The maximum absolute atomic E-state index is 12.1. The van der Waals surface area contributed by atoms with E-state index in [4.69, 9.17) is 28.6 Å². The number of aromatic amines is 1. The minimum Gasteiger partial charge on any atom is -0.481 e. The van der Waals surface area contributed by atoms with Gasteiger partial charge in [-0.15, -0.1) is 0 Å². The Balaban J connectivity index is 1.91. The van der Waals surface area contributed by atoms with Gasteiger partial charge in [-0.3, -0.25) is 9.89 Å². The zero-order valence-electron chi connectivity index (χ0n) is 12.3. The van der Waals surface area contributed by atoms with Crippen molar-refractivity contribution in [3.8, 4) is 5.75 Å². The number of halogens is 1. The van der Waals surface area contributed by atoms with Crippen molar-refractivity contribution in [1.82, 2.24) is 20.1 Å². The van der Waals surface area contributed by atoms with Crippen LogP contribution in [0.3, 0.4) is 0 Å². The van der Waals surface area contributed by atoms with Crippen molar-refractivity contribution < 1.29 is 9.53 Å². The summed E-state index contributed by atoms with van der Waals surface area (Å²) in [5.74, 6) is 1.04. The fourth-order valence-corrected chi connectivity index (χ4v) is 2.30. The van der Waals surface area contributed by atoms with Crippen LogP contribution in [0.5, 0.6) is 5.75 Å². The summed E-state index contributed by atoms with van der Waals surface area (Å²) >= 11 is 10.9. The van der Waals surface area contributed by atoms with E-state index in [1.54, 1.807) is 31.2 Å². The van der Waals surface area contributed by atoms with Gasteiger partial charge in [-0.2, -0.15) is 5.10 Å². The van der Waals surface area contributed by atoms with Crippen LogP contribution in [0.2, 0.25) is 5.02 Å². The van der Waals surface area contributed by atoms with Crippen molar-refractivity contribution in [2.75, 3.05) is 0 Å². The highest BCUT2D eigenvalue weighted by Crippen LogP contribution is 2.16. The first-order chi connectivity index (χ1) is 10.5. The first kappa shape index (κ1) is 16.5. The van der Waals surface area contributed by atoms with Crippen molar-refractivity contribution >= 4 is 29.7 Å². The molecule has 1 amide bonds. The van der Waals surface area contributed by atoms with Crippen LogP contribution in [-0.2, 0) is 17.9 Å². The zero-order chi connectivity index (χ0) is 16.1. The van der Waals surface area contributed by atoms with E-state index in [0.29, 0.717) is 27.9 Å². The molecule has 0 fully saturated rings. The van der Waals surface area contributed by atoms with E-state index in [2.05, 4.69) is 15.5 Å². The number of rotatable bonds is 6. The average molecular weight is 341 g/mol. The van der Waals surface area contributed by atoms with Crippen LogP contribution in [0.1, 0.15) is 19.7 Å². The molecule has 118 valence electrons. The highest BCUT2D eigenvalue weighted by molar-refractivity contribution is 7.71. The molecule has 0 aliphatic heterocycles. The summed E-state index contributed by atoms with van der Waals surface area (Å²) in [4.78, 5) is 12.1. The first-order valence-electron chi connectivity index (χ1n) is 6.85. The third kappa shape index (κ3) is 4.08. The molecule has 2 N–H and O–H groups in total. The van der Waals surface area contributed by atoms with Crippen LogP contribution in [0, 0.1) is 4.77 Å². The summed E-state index contributed by atoms with van der Waals surface area (Å²) in [5, 5.41) is 10.2. The van der Waals surface area contributed by atoms with Crippen LogP contribution < -0.4 is 10.1 Å². The van der Waals surface area contributed by atoms with E-state index in [0.717, 1.165) is 0 Å². The second-order valence-electron chi connectivity index (χ2n) is 4.62. The Morgan fingerprint density at radius 2 is 2.18 bits per heavy atom. The lowest BCUT2D eigenvalue weighted by Gasteiger charge is -2.14. The molecule has 0 saturated carbocycles. The zero-order valence-corrected chi connectivity index (χ0v) is 13.9. The van der Waals surface area contributed by atoms with Gasteiger partial charge in [-0.25, -0.2) is 0 Å². The number of carbonyl (C=O) groups is 1. The summed E-state index contributed by atoms with van der Waals surface area (Å²) in [6.45, 7) is 4.62. The van der Waals surface area contributed by atoms with E-state index >= 15 is 0 Å². The van der Waals surface area contributed by atoms with E-state index in [1.807, 2.05) is 11.5 Å². The molecule has 1 heterocycles. The normalized spacial score (nSPS) is 12.0. The fourth-order valence-electron chi connectivity index (χ4n) is 1.89. The SMILES string of the molecule is CCn1c(CNC(=O)[C@H](C)Oc2ccc(Cl)cc2)n[nH]c1=S. The van der Waals surface area contributed by atoms with Crippen molar-refractivity contribution in [2.45, 2.75) is 33.0 Å². The average Bonchev–Trinajstić information content (AvgIpc) is 2.87.